The minimum atomic E-state index is 0.0554. The van der Waals surface area contributed by atoms with Gasteiger partial charge in [-0.1, -0.05) is 0 Å². The van der Waals surface area contributed by atoms with Gasteiger partial charge >= 0.3 is 0 Å². The zero-order valence-corrected chi connectivity index (χ0v) is 7.57. The number of hydrogen-bond acceptors (Lipinski definition) is 1. The number of hydrogen-bond donors (Lipinski definition) is 0. The maximum absolute atomic E-state index is 10.8. The van der Waals surface area contributed by atoms with Crippen LogP contribution < -0.4 is 5.43 Å². The van der Waals surface area contributed by atoms with Crippen LogP contribution in [0, 0.1) is 12.3 Å². The summed E-state index contributed by atoms with van der Waals surface area (Å²) in [7, 11) is 0. The molecule has 0 unspecified atom stereocenters. The molecule has 2 nitrogen and oxygen atoms in total. The van der Waals surface area contributed by atoms with Crippen molar-refractivity contribution in [1.29, 1.82) is 0 Å². The Kier molecular flexibility index (Phi) is 3.84. The van der Waals surface area contributed by atoms with Crippen LogP contribution in [0.5, 0.6) is 0 Å². The quantitative estimate of drug-likeness (QED) is 0.504. The first-order valence-electron chi connectivity index (χ1n) is 4.42. The number of rotatable bonds is 4. The second-order valence-corrected chi connectivity index (χ2v) is 2.93. The second kappa shape index (κ2) is 5.21. The maximum Gasteiger partial charge on any atom is 0.181 e. The molecule has 0 aliphatic heterocycles. The zero-order chi connectivity index (χ0) is 9.52. The van der Waals surface area contributed by atoms with E-state index >= 15 is 0 Å². The first-order valence-corrected chi connectivity index (χ1v) is 4.42. The van der Waals surface area contributed by atoms with Crippen LogP contribution in [0.25, 0.3) is 0 Å². The summed E-state index contributed by atoms with van der Waals surface area (Å²) in [5.41, 5.74) is 0.0554. The van der Waals surface area contributed by atoms with E-state index in [1.54, 1.807) is 24.5 Å². The van der Waals surface area contributed by atoms with Gasteiger partial charge in [0.05, 0.1) is 0 Å². The lowest BCUT2D eigenvalue weighted by atomic mass is 10.2. The molecule has 13 heavy (non-hydrogen) atoms. The van der Waals surface area contributed by atoms with Gasteiger partial charge in [0.2, 0.25) is 0 Å². The largest absolute Gasteiger partial charge is 0.354 e. The van der Waals surface area contributed by atoms with Crippen molar-refractivity contribution in [2.75, 3.05) is 0 Å². The normalized spacial score (nSPS) is 9.46. The van der Waals surface area contributed by atoms with E-state index in [9.17, 15) is 4.79 Å². The molecule has 0 aliphatic carbocycles. The fourth-order valence-corrected chi connectivity index (χ4v) is 1.11. The summed E-state index contributed by atoms with van der Waals surface area (Å²) in [5, 5.41) is 0. The minimum Gasteiger partial charge on any atom is -0.354 e. The van der Waals surface area contributed by atoms with Gasteiger partial charge in [0.15, 0.2) is 5.43 Å². The molecule has 0 radical (unpaired) electrons. The number of pyridine rings is 1. The molecule has 1 aromatic heterocycles. The Bertz CT molecular complexity index is 325. The fourth-order valence-electron chi connectivity index (χ4n) is 1.11. The Labute approximate surface area is 78.2 Å². The summed E-state index contributed by atoms with van der Waals surface area (Å²) < 4.78 is 2.00. The lowest BCUT2D eigenvalue weighted by Crippen LogP contribution is -2.03. The molecule has 0 fully saturated rings. The molecule has 0 amide bonds. The highest BCUT2D eigenvalue weighted by molar-refractivity contribution is 4.93. The van der Waals surface area contributed by atoms with Crippen LogP contribution in [0.4, 0.5) is 0 Å². The molecule has 0 aromatic carbocycles. The Hall–Kier alpha value is -1.49. The number of nitrogens with zero attached hydrogens (tertiary/aromatic N) is 1. The number of terminal acetylenes is 1. The van der Waals surface area contributed by atoms with E-state index in [2.05, 4.69) is 5.92 Å². The van der Waals surface area contributed by atoms with Crippen molar-refractivity contribution in [1.82, 2.24) is 4.57 Å². The fraction of sp³-hybridized carbons (Fsp3) is 0.364. The van der Waals surface area contributed by atoms with Crippen molar-refractivity contribution in [2.45, 2.75) is 25.8 Å². The Balaban J connectivity index is 2.34. The van der Waals surface area contributed by atoms with Gasteiger partial charge in [0, 0.05) is 37.5 Å². The van der Waals surface area contributed by atoms with Crippen molar-refractivity contribution in [3.05, 3.63) is 34.7 Å². The molecule has 0 atom stereocenters. The lowest BCUT2D eigenvalue weighted by Gasteiger charge is -2.03. The predicted molar refractivity (Wildman–Crippen MR) is 53.4 cm³/mol. The van der Waals surface area contributed by atoms with Crippen LogP contribution >= 0.6 is 0 Å². The van der Waals surface area contributed by atoms with E-state index in [4.69, 9.17) is 6.42 Å². The van der Waals surface area contributed by atoms with Crippen LogP contribution in [-0.2, 0) is 6.54 Å². The van der Waals surface area contributed by atoms with Crippen LogP contribution in [0.3, 0.4) is 0 Å². The molecule has 1 heterocycles. The summed E-state index contributed by atoms with van der Waals surface area (Å²) in [6.45, 7) is 0.932. The molecule has 0 saturated heterocycles. The standard InChI is InChI=1S/C11H13NO/c1-2-3-4-5-8-12-9-6-11(13)7-10-12/h1,6-7,9-10H,3-5,8H2. The Morgan fingerprint density at radius 1 is 1.31 bits per heavy atom. The second-order valence-electron chi connectivity index (χ2n) is 2.93. The van der Waals surface area contributed by atoms with E-state index < -0.39 is 0 Å². The number of unbranched alkanes of at least 4 members (excludes halogenated alkanes) is 2. The minimum absolute atomic E-state index is 0.0554. The van der Waals surface area contributed by atoms with E-state index in [1.807, 2.05) is 4.57 Å². The monoisotopic (exact) mass is 175 g/mol. The maximum atomic E-state index is 10.8. The smallest absolute Gasteiger partial charge is 0.181 e. The average Bonchev–Trinajstić information content (AvgIpc) is 2.15. The molecule has 0 N–H and O–H groups in total. The van der Waals surface area contributed by atoms with Gasteiger partial charge < -0.3 is 4.57 Å². The third-order valence-electron chi connectivity index (χ3n) is 1.85. The summed E-state index contributed by atoms with van der Waals surface area (Å²) >= 11 is 0. The van der Waals surface area contributed by atoms with Gasteiger partial charge in [-0.05, 0) is 12.8 Å². The molecule has 0 aliphatic rings. The van der Waals surface area contributed by atoms with Crippen molar-refractivity contribution in [3.63, 3.8) is 0 Å². The summed E-state index contributed by atoms with van der Waals surface area (Å²) in [6, 6.07) is 3.14. The first kappa shape index (κ1) is 9.60. The highest BCUT2D eigenvalue weighted by Gasteiger charge is 1.89. The molecule has 1 aromatic rings. The Morgan fingerprint density at radius 2 is 2.00 bits per heavy atom. The molecular weight excluding hydrogens is 162 g/mol. The molecule has 68 valence electrons. The van der Waals surface area contributed by atoms with Gasteiger partial charge in [0.25, 0.3) is 0 Å². The van der Waals surface area contributed by atoms with Gasteiger partial charge in [-0.25, -0.2) is 0 Å². The first-order chi connectivity index (χ1) is 6.33. The third kappa shape index (κ3) is 3.62. The van der Waals surface area contributed by atoms with E-state index in [0.29, 0.717) is 0 Å². The van der Waals surface area contributed by atoms with Crippen LogP contribution in [0.15, 0.2) is 29.3 Å². The molecule has 0 saturated carbocycles. The molecule has 0 spiro atoms. The van der Waals surface area contributed by atoms with Gasteiger partial charge in [-0.15, -0.1) is 12.3 Å². The van der Waals surface area contributed by atoms with Crippen LogP contribution in [-0.4, -0.2) is 4.57 Å². The molecule has 2 heteroatoms. The number of aromatic nitrogens is 1. The topological polar surface area (TPSA) is 22.0 Å². The summed E-state index contributed by atoms with van der Waals surface area (Å²) in [5.74, 6) is 2.60. The van der Waals surface area contributed by atoms with Gasteiger partial charge in [0.1, 0.15) is 0 Å². The molecule has 0 bridgehead atoms. The van der Waals surface area contributed by atoms with Crippen molar-refractivity contribution in [3.8, 4) is 12.3 Å². The van der Waals surface area contributed by atoms with Crippen molar-refractivity contribution < 1.29 is 0 Å². The van der Waals surface area contributed by atoms with E-state index in [1.165, 1.54) is 0 Å². The number of aryl methyl sites for hydroxylation is 1. The Morgan fingerprint density at radius 3 is 2.62 bits per heavy atom. The highest BCUT2D eigenvalue weighted by atomic mass is 16.1. The van der Waals surface area contributed by atoms with Crippen LogP contribution in [0.2, 0.25) is 0 Å². The zero-order valence-electron chi connectivity index (χ0n) is 7.57. The average molecular weight is 175 g/mol. The van der Waals surface area contributed by atoms with E-state index in [-0.39, 0.29) is 5.43 Å². The lowest BCUT2D eigenvalue weighted by molar-refractivity contribution is 0.614. The SMILES string of the molecule is C#CCCCCn1ccc(=O)cc1. The summed E-state index contributed by atoms with van der Waals surface area (Å²) in [4.78, 5) is 10.8. The van der Waals surface area contributed by atoms with E-state index in [0.717, 1.165) is 25.8 Å². The third-order valence-corrected chi connectivity index (χ3v) is 1.85. The van der Waals surface area contributed by atoms with Crippen molar-refractivity contribution >= 4 is 0 Å². The van der Waals surface area contributed by atoms with Gasteiger partial charge in [-0.3, -0.25) is 4.79 Å². The molecule has 1 rings (SSSR count). The van der Waals surface area contributed by atoms with Crippen LogP contribution in [0.1, 0.15) is 19.3 Å². The predicted octanol–water partition coefficient (Wildman–Crippen LogP) is 1.65. The highest BCUT2D eigenvalue weighted by Crippen LogP contribution is 1.97. The molecular formula is C11H13NO. The van der Waals surface area contributed by atoms with Gasteiger partial charge in [-0.2, -0.15) is 0 Å². The summed E-state index contributed by atoms with van der Waals surface area (Å²) in [6.07, 6.45) is 11.7. The van der Waals surface area contributed by atoms with Crippen molar-refractivity contribution in [2.24, 2.45) is 0 Å².